The number of nitrogens with one attached hydrogen (secondary N) is 1. The highest BCUT2D eigenvalue weighted by Gasteiger charge is 2.10. The van der Waals surface area contributed by atoms with Gasteiger partial charge in [-0.1, -0.05) is 0 Å². The van der Waals surface area contributed by atoms with Gasteiger partial charge in [-0.2, -0.15) is 5.10 Å². The van der Waals surface area contributed by atoms with E-state index in [-0.39, 0.29) is 5.69 Å². The van der Waals surface area contributed by atoms with E-state index in [2.05, 4.69) is 25.4 Å². The molecule has 0 saturated heterocycles. The quantitative estimate of drug-likeness (QED) is 0.741. The smallest absolute Gasteiger partial charge is 0.355 e. The molecule has 0 aromatic carbocycles. The summed E-state index contributed by atoms with van der Waals surface area (Å²) in [4.78, 5) is 23.1. The first-order valence-electron chi connectivity index (χ1n) is 5.69. The van der Waals surface area contributed by atoms with Gasteiger partial charge in [0.15, 0.2) is 11.3 Å². The molecule has 0 unspecified atom stereocenters. The Hall–Kier alpha value is -2.55. The van der Waals surface area contributed by atoms with Crippen LogP contribution in [0, 0.1) is 0 Å². The van der Waals surface area contributed by atoms with E-state index in [0.29, 0.717) is 17.4 Å². The molecule has 0 spiro atoms. The summed E-state index contributed by atoms with van der Waals surface area (Å²) in [5.41, 5.74) is 0.786. The Morgan fingerprint density at radius 1 is 1.50 bits per heavy atom. The molecule has 0 amide bonds. The van der Waals surface area contributed by atoms with E-state index >= 15 is 0 Å². The van der Waals surface area contributed by atoms with Crippen molar-refractivity contribution in [2.45, 2.75) is 6.54 Å². The van der Waals surface area contributed by atoms with Crippen LogP contribution in [0.25, 0.3) is 11.0 Å². The van der Waals surface area contributed by atoms with Crippen molar-refractivity contribution < 1.29 is 9.90 Å². The summed E-state index contributed by atoms with van der Waals surface area (Å²) in [5.74, 6) is -0.376. The van der Waals surface area contributed by atoms with Crippen molar-refractivity contribution in [2.24, 2.45) is 7.05 Å². The fourth-order valence-corrected chi connectivity index (χ4v) is 2.46. The van der Waals surface area contributed by atoms with Crippen molar-refractivity contribution in [3.05, 3.63) is 28.6 Å². The number of hydrogen-bond acceptors (Lipinski definition) is 7. The van der Waals surface area contributed by atoms with Crippen LogP contribution in [0.4, 0.5) is 5.82 Å². The largest absolute Gasteiger partial charge is 0.476 e. The number of aryl methyl sites for hydroxylation is 1. The van der Waals surface area contributed by atoms with Gasteiger partial charge in [-0.15, -0.1) is 11.3 Å². The number of rotatable bonds is 4. The highest BCUT2D eigenvalue weighted by atomic mass is 32.1. The lowest BCUT2D eigenvalue weighted by molar-refractivity contribution is 0.0691. The van der Waals surface area contributed by atoms with Crippen LogP contribution in [-0.2, 0) is 13.6 Å². The Labute approximate surface area is 117 Å². The first-order valence-corrected chi connectivity index (χ1v) is 6.57. The van der Waals surface area contributed by atoms with E-state index in [1.54, 1.807) is 17.9 Å². The third kappa shape index (κ3) is 2.18. The molecule has 0 aliphatic carbocycles. The van der Waals surface area contributed by atoms with Crippen molar-refractivity contribution in [2.75, 3.05) is 5.32 Å². The molecular weight excluding hydrogens is 280 g/mol. The Morgan fingerprint density at radius 3 is 3.10 bits per heavy atom. The van der Waals surface area contributed by atoms with Crippen molar-refractivity contribution >= 4 is 34.2 Å². The molecular formula is C11H10N6O2S. The van der Waals surface area contributed by atoms with E-state index in [4.69, 9.17) is 5.11 Å². The van der Waals surface area contributed by atoms with Gasteiger partial charge < -0.3 is 10.4 Å². The molecule has 3 heterocycles. The molecule has 0 radical (unpaired) electrons. The molecule has 0 aliphatic rings. The summed E-state index contributed by atoms with van der Waals surface area (Å²) >= 11 is 1.29. The molecule has 0 saturated carbocycles. The van der Waals surface area contributed by atoms with Crippen LogP contribution in [-0.4, -0.2) is 35.8 Å². The number of aromatic nitrogens is 5. The second-order valence-corrected chi connectivity index (χ2v) is 4.96. The van der Waals surface area contributed by atoms with Crippen LogP contribution < -0.4 is 5.32 Å². The Balaban J connectivity index is 1.81. The zero-order valence-electron chi connectivity index (χ0n) is 10.4. The van der Waals surface area contributed by atoms with Crippen LogP contribution in [0.1, 0.15) is 15.5 Å². The number of carbonyl (C=O) groups is 1. The zero-order valence-corrected chi connectivity index (χ0v) is 11.3. The third-order valence-electron chi connectivity index (χ3n) is 2.71. The van der Waals surface area contributed by atoms with Crippen molar-refractivity contribution in [3.63, 3.8) is 0 Å². The zero-order chi connectivity index (χ0) is 14.1. The van der Waals surface area contributed by atoms with Crippen LogP contribution >= 0.6 is 11.3 Å². The minimum atomic E-state index is -1.02. The minimum Gasteiger partial charge on any atom is -0.476 e. The summed E-state index contributed by atoms with van der Waals surface area (Å²) in [6.45, 7) is 0.402. The van der Waals surface area contributed by atoms with E-state index in [1.807, 2.05) is 0 Å². The van der Waals surface area contributed by atoms with Crippen molar-refractivity contribution in [3.8, 4) is 0 Å². The summed E-state index contributed by atoms with van der Waals surface area (Å²) < 4.78 is 1.66. The van der Waals surface area contributed by atoms with E-state index in [9.17, 15) is 4.79 Å². The molecule has 8 nitrogen and oxygen atoms in total. The third-order valence-corrected chi connectivity index (χ3v) is 3.56. The fourth-order valence-electron chi connectivity index (χ4n) is 1.75. The number of nitrogens with zero attached hydrogens (tertiary/aromatic N) is 5. The molecule has 20 heavy (non-hydrogen) atoms. The van der Waals surface area contributed by atoms with Gasteiger partial charge in [0.2, 0.25) is 0 Å². The average molecular weight is 290 g/mol. The van der Waals surface area contributed by atoms with Crippen LogP contribution in [0.15, 0.2) is 17.9 Å². The maximum atomic E-state index is 10.8. The van der Waals surface area contributed by atoms with Gasteiger partial charge >= 0.3 is 5.97 Å². The molecule has 102 valence electrons. The maximum absolute atomic E-state index is 10.8. The lowest BCUT2D eigenvalue weighted by atomic mass is 10.4. The van der Waals surface area contributed by atoms with Crippen molar-refractivity contribution in [1.29, 1.82) is 0 Å². The van der Waals surface area contributed by atoms with Crippen LogP contribution in [0.2, 0.25) is 0 Å². The highest BCUT2D eigenvalue weighted by Crippen LogP contribution is 2.19. The lowest BCUT2D eigenvalue weighted by Gasteiger charge is -2.03. The van der Waals surface area contributed by atoms with Gasteiger partial charge in [0.25, 0.3) is 0 Å². The lowest BCUT2D eigenvalue weighted by Crippen LogP contribution is -2.03. The standard InChI is InChI=1S/C11H10N6O2S/c1-17-10-6(2-15-17)9(13-5-14-10)12-3-8-16-7(4-20-8)11(18)19/h2,4-5H,3H2,1H3,(H,18,19)(H,12,13,14). The SMILES string of the molecule is Cn1ncc2c(NCc3nc(C(=O)O)cs3)ncnc21. The molecule has 0 aliphatic heterocycles. The van der Waals surface area contributed by atoms with Crippen LogP contribution in [0.3, 0.4) is 0 Å². The second kappa shape index (κ2) is 4.85. The average Bonchev–Trinajstić information content (AvgIpc) is 3.04. The molecule has 0 bridgehead atoms. The summed E-state index contributed by atoms with van der Waals surface area (Å²) in [6.07, 6.45) is 3.14. The minimum absolute atomic E-state index is 0.0565. The topological polar surface area (TPSA) is 106 Å². The van der Waals surface area contributed by atoms with Crippen LogP contribution in [0.5, 0.6) is 0 Å². The Bertz CT molecular complexity index is 780. The maximum Gasteiger partial charge on any atom is 0.355 e. The van der Waals surface area contributed by atoms with Gasteiger partial charge in [-0.3, -0.25) is 4.68 Å². The number of hydrogen-bond donors (Lipinski definition) is 2. The summed E-state index contributed by atoms with van der Waals surface area (Å²) in [6, 6.07) is 0. The summed E-state index contributed by atoms with van der Waals surface area (Å²) in [5, 5.41) is 19.1. The number of aromatic carboxylic acids is 1. The molecule has 3 rings (SSSR count). The normalized spacial score (nSPS) is 10.8. The van der Waals surface area contributed by atoms with Crippen molar-refractivity contribution in [1.82, 2.24) is 24.7 Å². The molecule has 9 heteroatoms. The fraction of sp³-hybridized carbons (Fsp3) is 0.182. The number of fused-ring (bicyclic) bond motifs is 1. The molecule has 3 aromatic rings. The van der Waals surface area contributed by atoms with E-state index in [1.165, 1.54) is 23.0 Å². The number of thiazole rings is 1. The first-order chi connectivity index (χ1) is 9.65. The predicted octanol–water partition coefficient (Wildman–Crippen LogP) is 1.13. The molecule has 0 atom stereocenters. The number of anilines is 1. The molecule has 0 fully saturated rings. The molecule has 3 aromatic heterocycles. The number of carboxylic acid groups (broad SMARTS) is 1. The monoisotopic (exact) mass is 290 g/mol. The summed E-state index contributed by atoms with van der Waals surface area (Å²) in [7, 11) is 1.80. The Morgan fingerprint density at radius 2 is 2.35 bits per heavy atom. The predicted molar refractivity (Wildman–Crippen MR) is 72.7 cm³/mol. The Kier molecular flexibility index (Phi) is 3.03. The molecule has 2 N–H and O–H groups in total. The van der Waals surface area contributed by atoms with Gasteiger partial charge in [0, 0.05) is 12.4 Å². The van der Waals surface area contributed by atoms with Gasteiger partial charge in [0.05, 0.1) is 18.1 Å². The highest BCUT2D eigenvalue weighted by molar-refractivity contribution is 7.09. The second-order valence-electron chi connectivity index (χ2n) is 4.01. The number of carboxylic acids is 1. The van der Waals surface area contributed by atoms with E-state index in [0.717, 1.165) is 11.0 Å². The van der Waals surface area contributed by atoms with Gasteiger partial charge in [-0.25, -0.2) is 19.7 Å². The van der Waals surface area contributed by atoms with Gasteiger partial charge in [0.1, 0.15) is 17.2 Å². The van der Waals surface area contributed by atoms with Gasteiger partial charge in [-0.05, 0) is 0 Å². The van der Waals surface area contributed by atoms with E-state index < -0.39 is 5.97 Å². The first kappa shape index (κ1) is 12.5.